The molecule has 0 N–H and O–H groups in total. The molecule has 0 atom stereocenters. The molecular weight excluding hydrogens is 405 g/mol. The van der Waals surface area contributed by atoms with Crippen molar-refractivity contribution in [3.8, 4) is 11.8 Å². The topological polar surface area (TPSA) is 108 Å². The number of fused-ring (bicyclic) bond motifs is 2. The Morgan fingerprint density at radius 1 is 1.31 bits per heavy atom. The Morgan fingerprint density at radius 3 is 2.55 bits per heavy atom. The maximum atomic E-state index is 13.0. The number of halogens is 1. The van der Waals surface area contributed by atoms with Gasteiger partial charge in [-0.3, -0.25) is 4.79 Å². The molecular formula is C20H17ClN3NaO4. The van der Waals surface area contributed by atoms with Gasteiger partial charge in [0.15, 0.2) is 11.2 Å². The van der Waals surface area contributed by atoms with Crippen LogP contribution >= 0.6 is 11.6 Å². The van der Waals surface area contributed by atoms with Crippen molar-refractivity contribution in [2.75, 3.05) is 6.61 Å². The van der Waals surface area contributed by atoms with Gasteiger partial charge in [-0.1, -0.05) is 11.6 Å². The molecule has 0 aliphatic heterocycles. The van der Waals surface area contributed by atoms with E-state index in [1.165, 1.54) is 16.7 Å². The number of hydrogen-bond donors (Lipinski definition) is 0. The van der Waals surface area contributed by atoms with Crippen molar-refractivity contribution < 1.29 is 44.2 Å². The summed E-state index contributed by atoms with van der Waals surface area (Å²) in [5, 5.41) is 21.6. The van der Waals surface area contributed by atoms with Crippen LogP contribution in [0.1, 0.15) is 26.5 Å². The molecule has 144 valence electrons. The minimum absolute atomic E-state index is 0. The van der Waals surface area contributed by atoms with Crippen molar-refractivity contribution in [1.29, 1.82) is 5.26 Å². The number of rotatable bonds is 5. The largest absolute Gasteiger partial charge is 1.00 e. The van der Waals surface area contributed by atoms with E-state index >= 15 is 0 Å². The van der Waals surface area contributed by atoms with Gasteiger partial charge in [0.25, 0.3) is 0 Å². The van der Waals surface area contributed by atoms with Crippen LogP contribution in [0.5, 0.6) is 5.75 Å². The first-order valence-corrected chi connectivity index (χ1v) is 8.99. The van der Waals surface area contributed by atoms with Crippen molar-refractivity contribution in [3.63, 3.8) is 0 Å². The third-order valence-corrected chi connectivity index (χ3v) is 4.77. The number of pyridine rings is 2. The van der Waals surface area contributed by atoms with Crippen molar-refractivity contribution in [3.05, 3.63) is 45.2 Å². The van der Waals surface area contributed by atoms with Crippen LogP contribution in [0.4, 0.5) is 0 Å². The number of aromatic nitrogens is 2. The fourth-order valence-corrected chi connectivity index (χ4v) is 3.26. The van der Waals surface area contributed by atoms with Crippen LogP contribution in [0.25, 0.3) is 21.9 Å². The summed E-state index contributed by atoms with van der Waals surface area (Å²) in [6, 6.07) is 8.37. The number of aliphatic carboxylic acids is 1. The molecule has 0 amide bonds. The van der Waals surface area contributed by atoms with Gasteiger partial charge in [-0.05, 0) is 45.0 Å². The average molecular weight is 422 g/mol. The van der Waals surface area contributed by atoms with E-state index in [-0.39, 0.29) is 74.3 Å². The summed E-state index contributed by atoms with van der Waals surface area (Å²) in [5.41, 5.74) is -0.483. The van der Waals surface area contributed by atoms with E-state index in [9.17, 15) is 20.0 Å². The maximum Gasteiger partial charge on any atom is 1.00 e. The Kier molecular flexibility index (Phi) is 6.97. The first-order chi connectivity index (χ1) is 13.2. The van der Waals surface area contributed by atoms with Crippen molar-refractivity contribution in [2.24, 2.45) is 0 Å². The number of nitrogens with zero attached hydrogens (tertiary/aromatic N) is 3. The number of benzene rings is 1. The number of ether oxygens (including phenoxy) is 1. The first kappa shape index (κ1) is 23.2. The summed E-state index contributed by atoms with van der Waals surface area (Å²) in [7, 11) is 0. The Balaban J connectivity index is 0.00000300. The fraction of sp³-hybridized carbons (Fsp3) is 0.300. The quantitative estimate of drug-likeness (QED) is 0.392. The molecule has 9 heteroatoms. The van der Waals surface area contributed by atoms with Gasteiger partial charge >= 0.3 is 29.6 Å². The number of carboxylic acid groups (broad SMARTS) is 1. The Morgan fingerprint density at radius 2 is 1.97 bits per heavy atom. The third-order valence-electron chi connectivity index (χ3n) is 4.47. The van der Waals surface area contributed by atoms with Crippen LogP contribution in [0.15, 0.2) is 29.1 Å². The summed E-state index contributed by atoms with van der Waals surface area (Å²) in [6.45, 7) is 4.84. The number of nitriles is 1. The second-order valence-electron chi connectivity index (χ2n) is 6.80. The SMILES string of the molecule is CCOc1c(Cl)ccc2c(=O)c3ccc(C(C)(C)C#N)nc3n(CC(=O)[O-])c12.[Na+]. The molecule has 7 nitrogen and oxygen atoms in total. The van der Waals surface area contributed by atoms with Crippen LogP contribution in [0, 0.1) is 11.3 Å². The molecule has 0 unspecified atom stereocenters. The average Bonchev–Trinajstić information content (AvgIpc) is 2.66. The molecule has 0 aliphatic rings. The molecule has 2 heterocycles. The van der Waals surface area contributed by atoms with Gasteiger partial charge in [-0.2, -0.15) is 5.26 Å². The fourth-order valence-electron chi connectivity index (χ4n) is 3.05. The van der Waals surface area contributed by atoms with E-state index in [0.29, 0.717) is 5.69 Å². The Hall–Kier alpha value is -2.11. The smallest absolute Gasteiger partial charge is 0.548 e. The minimum Gasteiger partial charge on any atom is -0.548 e. The number of carbonyl (C=O) groups excluding carboxylic acids is 1. The van der Waals surface area contributed by atoms with E-state index in [1.54, 1.807) is 32.9 Å². The first-order valence-electron chi connectivity index (χ1n) is 8.61. The van der Waals surface area contributed by atoms with Crippen LogP contribution in [0.3, 0.4) is 0 Å². The van der Waals surface area contributed by atoms with Gasteiger partial charge in [0.2, 0.25) is 0 Å². The van der Waals surface area contributed by atoms with Gasteiger partial charge < -0.3 is 19.2 Å². The van der Waals surface area contributed by atoms with Crippen LogP contribution in [-0.2, 0) is 16.8 Å². The molecule has 3 rings (SSSR count). The maximum absolute atomic E-state index is 13.0. The zero-order valence-corrected chi connectivity index (χ0v) is 19.3. The predicted molar refractivity (Wildman–Crippen MR) is 103 cm³/mol. The van der Waals surface area contributed by atoms with Gasteiger partial charge in [-0.15, -0.1) is 0 Å². The number of carbonyl (C=O) groups is 1. The molecule has 0 aliphatic carbocycles. The zero-order chi connectivity index (χ0) is 20.6. The van der Waals surface area contributed by atoms with Crippen LogP contribution in [-0.4, -0.2) is 22.1 Å². The number of carboxylic acids is 1. The summed E-state index contributed by atoms with van der Waals surface area (Å²) >= 11 is 6.25. The molecule has 0 saturated carbocycles. The van der Waals surface area contributed by atoms with Gasteiger partial charge in [-0.25, -0.2) is 4.98 Å². The summed E-state index contributed by atoms with van der Waals surface area (Å²) in [6.07, 6.45) is 0. The Labute approximate surface area is 194 Å². The summed E-state index contributed by atoms with van der Waals surface area (Å²) in [4.78, 5) is 29.0. The second kappa shape index (κ2) is 8.72. The van der Waals surface area contributed by atoms with Crippen LogP contribution in [0.2, 0.25) is 5.02 Å². The standard InChI is InChI=1S/C20H18ClN3O4.Na/c1-4-28-18-13(21)7-5-11-16(18)24(9-15(25)26)19-12(17(11)27)6-8-14(23-19)20(2,3)10-22;/h5-8H,4,9H2,1-3H3,(H,25,26);/q;+1/p-1. The molecule has 0 bridgehead atoms. The molecule has 0 saturated heterocycles. The molecule has 29 heavy (non-hydrogen) atoms. The van der Waals surface area contributed by atoms with E-state index < -0.39 is 17.9 Å². The van der Waals surface area contributed by atoms with Gasteiger partial charge in [0.1, 0.15) is 5.65 Å². The second-order valence-corrected chi connectivity index (χ2v) is 7.20. The third kappa shape index (κ3) is 4.12. The predicted octanol–water partition coefficient (Wildman–Crippen LogP) is -0.843. The van der Waals surface area contributed by atoms with E-state index in [2.05, 4.69) is 11.1 Å². The molecule has 1 aromatic carbocycles. The molecule has 3 aromatic rings. The zero-order valence-electron chi connectivity index (χ0n) is 16.6. The molecule has 2 aromatic heterocycles. The Bertz CT molecular complexity index is 1210. The van der Waals surface area contributed by atoms with E-state index in [1.807, 2.05) is 0 Å². The minimum atomic E-state index is -1.36. The van der Waals surface area contributed by atoms with E-state index in [0.717, 1.165) is 0 Å². The van der Waals surface area contributed by atoms with Crippen molar-refractivity contribution in [2.45, 2.75) is 32.7 Å². The van der Waals surface area contributed by atoms with Crippen LogP contribution < -0.4 is 44.8 Å². The summed E-state index contributed by atoms with van der Waals surface area (Å²) in [5.74, 6) is -1.16. The molecule has 0 radical (unpaired) electrons. The molecule has 0 spiro atoms. The van der Waals surface area contributed by atoms with Crippen molar-refractivity contribution >= 4 is 39.5 Å². The normalized spacial score (nSPS) is 11.1. The van der Waals surface area contributed by atoms with Crippen molar-refractivity contribution in [1.82, 2.24) is 9.55 Å². The van der Waals surface area contributed by atoms with E-state index in [4.69, 9.17) is 16.3 Å². The van der Waals surface area contributed by atoms with Gasteiger partial charge in [0, 0.05) is 0 Å². The number of hydrogen-bond acceptors (Lipinski definition) is 6. The summed E-state index contributed by atoms with van der Waals surface area (Å²) < 4.78 is 6.95. The van der Waals surface area contributed by atoms with Gasteiger partial charge in [0.05, 0.1) is 57.6 Å². The molecule has 0 fully saturated rings. The monoisotopic (exact) mass is 421 g/mol.